The van der Waals surface area contributed by atoms with Gasteiger partial charge in [0.2, 0.25) is 5.91 Å². The quantitative estimate of drug-likeness (QED) is 0.687. The summed E-state index contributed by atoms with van der Waals surface area (Å²) >= 11 is 0. The molecule has 0 atom stereocenters. The number of amides is 1. The van der Waals surface area contributed by atoms with Crippen molar-refractivity contribution in [1.29, 1.82) is 0 Å². The van der Waals surface area contributed by atoms with Crippen molar-refractivity contribution in [3.63, 3.8) is 0 Å². The number of carbonyl (C=O) groups is 1. The van der Waals surface area contributed by atoms with Crippen LogP contribution in [-0.4, -0.2) is 12.5 Å². The molecule has 104 valence electrons. The van der Waals surface area contributed by atoms with Crippen LogP contribution in [0.3, 0.4) is 0 Å². The van der Waals surface area contributed by atoms with Crippen LogP contribution in [0.2, 0.25) is 0 Å². The van der Waals surface area contributed by atoms with Gasteiger partial charge in [0.1, 0.15) is 0 Å². The van der Waals surface area contributed by atoms with Crippen molar-refractivity contribution in [2.45, 2.75) is 83.5 Å². The molecule has 0 aromatic carbocycles. The van der Waals surface area contributed by atoms with E-state index in [1.54, 1.807) is 0 Å². The molecule has 2 heteroatoms. The predicted octanol–water partition coefficient (Wildman–Crippen LogP) is 4.19. The summed E-state index contributed by atoms with van der Waals surface area (Å²) < 4.78 is 0. The maximum Gasteiger partial charge on any atom is 0.220 e. The fraction of sp³-hybridized carbons (Fsp3) is 0.938. The van der Waals surface area contributed by atoms with E-state index >= 15 is 0 Å². The summed E-state index contributed by atoms with van der Waals surface area (Å²) in [5.74, 6) is 0.270. The molecule has 1 N–H and O–H groups in total. The molecule has 1 saturated carbocycles. The van der Waals surface area contributed by atoms with Crippen LogP contribution in [0.4, 0.5) is 0 Å². The summed E-state index contributed by atoms with van der Waals surface area (Å²) in [6.45, 7) is 0.950. The summed E-state index contributed by atoms with van der Waals surface area (Å²) in [5.41, 5.74) is 0.451. The molecule has 1 amide bonds. The maximum absolute atomic E-state index is 11.4. The molecule has 18 heavy (non-hydrogen) atoms. The zero-order valence-electron chi connectivity index (χ0n) is 11.8. The lowest BCUT2D eigenvalue weighted by Gasteiger charge is -2.38. The Morgan fingerprint density at radius 2 is 1.22 bits per heavy atom. The summed E-state index contributed by atoms with van der Waals surface area (Å²) in [6, 6.07) is 0. The minimum Gasteiger partial charge on any atom is -0.356 e. The average Bonchev–Trinajstić information content (AvgIpc) is 2.37. The van der Waals surface area contributed by atoms with Crippen molar-refractivity contribution >= 4 is 5.91 Å². The van der Waals surface area contributed by atoms with E-state index in [1.807, 2.05) is 0 Å². The normalized spacial score (nSPS) is 27.0. The van der Waals surface area contributed by atoms with Crippen LogP contribution in [0.25, 0.3) is 0 Å². The standard InChI is InChI=1S/C16H29NO/c18-15-10-13-16(14-17-15)11-8-6-4-2-1-3-5-7-9-12-16/h1-14H2,(H,17,18). The molecule has 1 aliphatic carbocycles. The number of nitrogens with one attached hydrogen (secondary N) is 1. The lowest BCUT2D eigenvalue weighted by Crippen LogP contribution is -2.43. The van der Waals surface area contributed by atoms with Gasteiger partial charge in [0.15, 0.2) is 0 Å². The molecule has 0 radical (unpaired) electrons. The molecule has 0 unspecified atom stereocenters. The van der Waals surface area contributed by atoms with Gasteiger partial charge in [-0.15, -0.1) is 0 Å². The highest BCUT2D eigenvalue weighted by molar-refractivity contribution is 5.76. The van der Waals surface area contributed by atoms with Crippen LogP contribution in [0.5, 0.6) is 0 Å². The number of rotatable bonds is 0. The third-order valence-electron chi connectivity index (χ3n) is 4.96. The number of hydrogen-bond donors (Lipinski definition) is 1. The average molecular weight is 251 g/mol. The molecule has 1 aliphatic heterocycles. The van der Waals surface area contributed by atoms with Crippen molar-refractivity contribution in [3.8, 4) is 0 Å². The SMILES string of the molecule is O=C1CCC2(CCCCCCCCCCC2)CN1. The number of hydrogen-bond acceptors (Lipinski definition) is 1. The summed E-state index contributed by atoms with van der Waals surface area (Å²) in [5, 5.41) is 3.12. The Labute approximate surface area is 112 Å². The maximum atomic E-state index is 11.4. The summed E-state index contributed by atoms with van der Waals surface area (Å²) in [4.78, 5) is 11.4. The fourth-order valence-corrected chi connectivity index (χ4v) is 3.63. The first-order valence-electron chi connectivity index (χ1n) is 8.08. The monoisotopic (exact) mass is 251 g/mol. The third kappa shape index (κ3) is 4.29. The molecule has 2 fully saturated rings. The second kappa shape index (κ2) is 7.16. The van der Waals surface area contributed by atoms with Crippen molar-refractivity contribution in [3.05, 3.63) is 0 Å². The second-order valence-electron chi connectivity index (χ2n) is 6.46. The van der Waals surface area contributed by atoms with E-state index in [0.717, 1.165) is 19.4 Å². The largest absolute Gasteiger partial charge is 0.356 e. The topological polar surface area (TPSA) is 29.1 Å². The molecule has 0 aromatic rings. The van der Waals surface area contributed by atoms with Gasteiger partial charge in [0.05, 0.1) is 0 Å². The van der Waals surface area contributed by atoms with Gasteiger partial charge in [-0.3, -0.25) is 4.79 Å². The van der Waals surface area contributed by atoms with Gasteiger partial charge in [-0.1, -0.05) is 57.8 Å². The van der Waals surface area contributed by atoms with Gasteiger partial charge in [0.25, 0.3) is 0 Å². The second-order valence-corrected chi connectivity index (χ2v) is 6.46. The van der Waals surface area contributed by atoms with Gasteiger partial charge in [0, 0.05) is 13.0 Å². The molecular formula is C16H29NO. The summed E-state index contributed by atoms with van der Waals surface area (Å²) in [6.07, 6.45) is 17.3. The van der Waals surface area contributed by atoms with E-state index in [1.165, 1.54) is 70.6 Å². The van der Waals surface area contributed by atoms with Gasteiger partial charge >= 0.3 is 0 Å². The number of carbonyl (C=O) groups excluding carboxylic acids is 1. The van der Waals surface area contributed by atoms with Crippen molar-refractivity contribution in [2.24, 2.45) is 5.41 Å². The van der Waals surface area contributed by atoms with E-state index in [2.05, 4.69) is 5.32 Å². The van der Waals surface area contributed by atoms with Crippen LogP contribution in [-0.2, 0) is 4.79 Å². The fourth-order valence-electron chi connectivity index (χ4n) is 3.63. The first kappa shape index (κ1) is 13.9. The van der Waals surface area contributed by atoms with E-state index in [4.69, 9.17) is 0 Å². The van der Waals surface area contributed by atoms with Crippen LogP contribution in [0.15, 0.2) is 0 Å². The minimum atomic E-state index is 0.270. The van der Waals surface area contributed by atoms with E-state index in [0.29, 0.717) is 5.41 Å². The van der Waals surface area contributed by atoms with E-state index in [9.17, 15) is 4.79 Å². The van der Waals surface area contributed by atoms with Gasteiger partial charge < -0.3 is 5.32 Å². The molecule has 2 rings (SSSR count). The van der Waals surface area contributed by atoms with Gasteiger partial charge in [-0.25, -0.2) is 0 Å². The van der Waals surface area contributed by atoms with Crippen molar-refractivity contribution in [1.82, 2.24) is 5.32 Å². The van der Waals surface area contributed by atoms with Crippen molar-refractivity contribution in [2.75, 3.05) is 6.54 Å². The number of piperidine rings is 1. The van der Waals surface area contributed by atoms with Crippen molar-refractivity contribution < 1.29 is 4.79 Å². The first-order valence-corrected chi connectivity index (χ1v) is 8.08. The highest BCUT2D eigenvalue weighted by Gasteiger charge is 2.33. The Morgan fingerprint density at radius 3 is 1.67 bits per heavy atom. The third-order valence-corrected chi connectivity index (χ3v) is 4.96. The first-order chi connectivity index (χ1) is 8.81. The van der Waals surface area contributed by atoms with Gasteiger partial charge in [-0.05, 0) is 24.7 Å². The molecule has 0 aromatic heterocycles. The molecule has 1 saturated heterocycles. The molecular weight excluding hydrogens is 222 g/mol. The van der Waals surface area contributed by atoms with Gasteiger partial charge in [-0.2, -0.15) is 0 Å². The Bertz CT molecular complexity index is 238. The Morgan fingerprint density at radius 1 is 0.722 bits per heavy atom. The highest BCUT2D eigenvalue weighted by Crippen LogP contribution is 2.38. The Hall–Kier alpha value is -0.530. The molecule has 1 spiro atoms. The molecule has 2 nitrogen and oxygen atoms in total. The predicted molar refractivity (Wildman–Crippen MR) is 75.5 cm³/mol. The zero-order valence-corrected chi connectivity index (χ0v) is 11.8. The summed E-state index contributed by atoms with van der Waals surface area (Å²) in [7, 11) is 0. The molecule has 1 heterocycles. The Kier molecular flexibility index (Phi) is 5.52. The highest BCUT2D eigenvalue weighted by atomic mass is 16.1. The molecule has 2 aliphatic rings. The van der Waals surface area contributed by atoms with Crippen LogP contribution < -0.4 is 5.32 Å². The van der Waals surface area contributed by atoms with Crippen LogP contribution in [0.1, 0.15) is 83.5 Å². The zero-order chi connectivity index (χ0) is 12.7. The smallest absolute Gasteiger partial charge is 0.220 e. The van der Waals surface area contributed by atoms with Crippen LogP contribution in [0, 0.1) is 5.41 Å². The van der Waals surface area contributed by atoms with Crippen LogP contribution >= 0.6 is 0 Å². The van der Waals surface area contributed by atoms with E-state index < -0.39 is 0 Å². The molecule has 0 bridgehead atoms. The lowest BCUT2D eigenvalue weighted by atomic mass is 9.72. The minimum absolute atomic E-state index is 0.270. The lowest BCUT2D eigenvalue weighted by molar-refractivity contribution is -0.124. The van der Waals surface area contributed by atoms with E-state index in [-0.39, 0.29) is 5.91 Å². The Balaban J connectivity index is 1.86.